The smallest absolute Gasteiger partial charge is 0.467 e. The normalized spacial score (nSPS) is 11.5. The Bertz CT molecular complexity index is 1120. The maximum atomic E-state index is 12.7. The molecule has 30 heavy (non-hydrogen) atoms. The van der Waals surface area contributed by atoms with Crippen LogP contribution in [0.3, 0.4) is 0 Å². The lowest BCUT2D eigenvalue weighted by Crippen LogP contribution is -2.17. The van der Waals surface area contributed by atoms with E-state index < -0.39 is 12.1 Å². The van der Waals surface area contributed by atoms with Crippen molar-refractivity contribution in [3.63, 3.8) is 0 Å². The van der Waals surface area contributed by atoms with Gasteiger partial charge >= 0.3 is 18.1 Å². The zero-order valence-corrected chi connectivity index (χ0v) is 16.1. The highest BCUT2D eigenvalue weighted by atomic mass is 32.1. The molecule has 4 aromatic heterocycles. The molecule has 0 spiro atoms. The van der Waals surface area contributed by atoms with E-state index in [1.165, 1.54) is 18.4 Å². The molecule has 0 saturated carbocycles. The van der Waals surface area contributed by atoms with Crippen LogP contribution in [0.2, 0.25) is 0 Å². The molecule has 0 bridgehead atoms. The highest BCUT2D eigenvalue weighted by Crippen LogP contribution is 2.33. The Morgan fingerprint density at radius 3 is 2.53 bits per heavy atom. The lowest BCUT2D eigenvalue weighted by Gasteiger charge is -2.22. The van der Waals surface area contributed by atoms with Gasteiger partial charge in [-0.3, -0.25) is 4.98 Å². The van der Waals surface area contributed by atoms with E-state index in [4.69, 9.17) is 4.74 Å². The first-order valence-corrected chi connectivity index (χ1v) is 9.15. The SMILES string of the molecule is COc1ncc(N(Cc2ccc(-c3noc(C(F)(F)F)n3)s2)c2cnccn2)cn1. The summed E-state index contributed by atoms with van der Waals surface area (Å²) in [6.45, 7) is 0.336. The van der Waals surface area contributed by atoms with Crippen molar-refractivity contribution in [2.45, 2.75) is 12.7 Å². The van der Waals surface area contributed by atoms with E-state index >= 15 is 0 Å². The van der Waals surface area contributed by atoms with Gasteiger partial charge in [-0.05, 0) is 12.1 Å². The van der Waals surface area contributed by atoms with Gasteiger partial charge in [-0.25, -0.2) is 15.0 Å². The van der Waals surface area contributed by atoms with Crippen molar-refractivity contribution in [1.29, 1.82) is 0 Å². The minimum atomic E-state index is -4.69. The summed E-state index contributed by atoms with van der Waals surface area (Å²) in [4.78, 5) is 23.1. The molecule has 4 aromatic rings. The van der Waals surface area contributed by atoms with Crippen molar-refractivity contribution in [2.75, 3.05) is 12.0 Å². The molecular formula is C17H12F3N7O2S. The zero-order chi connectivity index (χ0) is 21.1. The Hall–Kier alpha value is -3.61. The average Bonchev–Trinajstić information content (AvgIpc) is 3.42. The van der Waals surface area contributed by atoms with E-state index in [0.29, 0.717) is 22.9 Å². The topological polar surface area (TPSA) is 103 Å². The van der Waals surface area contributed by atoms with Gasteiger partial charge in [0.15, 0.2) is 5.82 Å². The van der Waals surface area contributed by atoms with Crippen molar-refractivity contribution in [1.82, 2.24) is 30.1 Å². The number of anilines is 2. The van der Waals surface area contributed by atoms with Gasteiger partial charge in [0, 0.05) is 17.3 Å². The summed E-state index contributed by atoms with van der Waals surface area (Å²) in [6, 6.07) is 3.61. The largest absolute Gasteiger partial charge is 0.471 e. The quantitative estimate of drug-likeness (QED) is 0.448. The van der Waals surface area contributed by atoms with E-state index in [0.717, 1.165) is 4.88 Å². The monoisotopic (exact) mass is 435 g/mol. The van der Waals surface area contributed by atoms with E-state index in [2.05, 4.69) is 34.6 Å². The van der Waals surface area contributed by atoms with Gasteiger partial charge in [0.05, 0.1) is 42.8 Å². The number of methoxy groups -OCH3 is 1. The van der Waals surface area contributed by atoms with E-state index in [-0.39, 0.29) is 11.8 Å². The third-order valence-corrected chi connectivity index (χ3v) is 4.87. The average molecular weight is 435 g/mol. The van der Waals surface area contributed by atoms with Crippen molar-refractivity contribution in [3.8, 4) is 16.7 Å². The molecule has 13 heteroatoms. The van der Waals surface area contributed by atoms with Crippen LogP contribution in [0, 0.1) is 0 Å². The van der Waals surface area contributed by atoms with Gasteiger partial charge in [-0.1, -0.05) is 5.16 Å². The predicted octanol–water partition coefficient (Wildman–Crippen LogP) is 3.74. The van der Waals surface area contributed by atoms with Crippen molar-refractivity contribution < 1.29 is 22.4 Å². The molecule has 4 heterocycles. The van der Waals surface area contributed by atoms with Crippen molar-refractivity contribution in [2.24, 2.45) is 0 Å². The van der Waals surface area contributed by atoms with Crippen LogP contribution >= 0.6 is 11.3 Å². The van der Waals surface area contributed by atoms with Crippen LogP contribution in [-0.2, 0) is 12.7 Å². The maximum absolute atomic E-state index is 12.7. The molecule has 0 radical (unpaired) electrons. The van der Waals surface area contributed by atoms with Gasteiger partial charge in [0.2, 0.25) is 5.82 Å². The number of hydrogen-bond acceptors (Lipinski definition) is 10. The molecule has 0 amide bonds. The Kier molecular flexibility index (Phi) is 5.27. The van der Waals surface area contributed by atoms with E-state index in [1.807, 2.05) is 0 Å². The molecule has 0 aliphatic rings. The maximum Gasteiger partial charge on any atom is 0.471 e. The predicted molar refractivity (Wildman–Crippen MR) is 99.1 cm³/mol. The van der Waals surface area contributed by atoms with E-state index in [9.17, 15) is 13.2 Å². The minimum absolute atomic E-state index is 0.127. The second-order valence-corrected chi connectivity index (χ2v) is 6.93. The summed E-state index contributed by atoms with van der Waals surface area (Å²) in [5.74, 6) is -0.971. The third kappa shape index (κ3) is 4.20. The Morgan fingerprint density at radius 2 is 1.90 bits per heavy atom. The molecule has 0 unspecified atom stereocenters. The number of ether oxygens (including phenoxy) is 1. The number of thiophene rings is 1. The summed E-state index contributed by atoms with van der Waals surface area (Å²) < 4.78 is 47.4. The molecule has 0 saturated heterocycles. The van der Waals surface area contributed by atoms with Crippen LogP contribution in [0.25, 0.3) is 10.7 Å². The van der Waals surface area contributed by atoms with E-state index in [1.54, 1.807) is 48.0 Å². The summed E-state index contributed by atoms with van der Waals surface area (Å²) in [6.07, 6.45) is 3.12. The number of alkyl halides is 3. The van der Waals surface area contributed by atoms with Crippen LogP contribution in [0.4, 0.5) is 24.7 Å². The Balaban J connectivity index is 1.61. The molecule has 0 aliphatic heterocycles. The molecule has 0 N–H and O–H groups in total. The molecule has 9 nitrogen and oxygen atoms in total. The first kappa shape index (κ1) is 19.7. The summed E-state index contributed by atoms with van der Waals surface area (Å²) in [5, 5.41) is 3.42. The lowest BCUT2D eigenvalue weighted by atomic mass is 10.3. The van der Waals surface area contributed by atoms with Gasteiger partial charge < -0.3 is 14.2 Å². The molecule has 0 aromatic carbocycles. The Morgan fingerprint density at radius 1 is 1.10 bits per heavy atom. The standard InChI is InChI=1S/C17H12F3N7O2S/c1-28-16-23-6-10(7-24-16)27(13-8-21-4-5-22-13)9-11-2-3-12(30-11)14-25-15(29-26-14)17(18,19)20/h2-8H,9H2,1H3. The van der Waals surface area contributed by atoms with Gasteiger partial charge in [0.25, 0.3) is 0 Å². The van der Waals surface area contributed by atoms with Gasteiger partial charge in [-0.15, -0.1) is 11.3 Å². The number of halogens is 3. The number of hydrogen-bond donors (Lipinski definition) is 0. The second kappa shape index (κ2) is 8.02. The molecule has 154 valence electrons. The van der Waals surface area contributed by atoms with Crippen molar-refractivity contribution in [3.05, 3.63) is 53.9 Å². The summed E-state index contributed by atoms with van der Waals surface area (Å²) in [7, 11) is 1.46. The third-order valence-electron chi connectivity index (χ3n) is 3.80. The molecule has 0 atom stereocenters. The highest BCUT2D eigenvalue weighted by Gasteiger charge is 2.38. The lowest BCUT2D eigenvalue weighted by molar-refractivity contribution is -0.159. The number of rotatable bonds is 6. The molecule has 0 fully saturated rings. The molecule has 0 aliphatic carbocycles. The fraction of sp³-hybridized carbons (Fsp3) is 0.176. The first-order chi connectivity index (χ1) is 14.4. The first-order valence-electron chi connectivity index (χ1n) is 8.33. The fourth-order valence-electron chi connectivity index (χ4n) is 2.47. The molecule has 4 rings (SSSR count). The van der Waals surface area contributed by atoms with Crippen LogP contribution in [0.1, 0.15) is 10.8 Å². The van der Waals surface area contributed by atoms with Crippen LogP contribution in [-0.4, -0.2) is 37.2 Å². The van der Waals surface area contributed by atoms with Gasteiger partial charge in [-0.2, -0.15) is 18.2 Å². The molecular weight excluding hydrogens is 423 g/mol. The highest BCUT2D eigenvalue weighted by molar-refractivity contribution is 7.15. The van der Waals surface area contributed by atoms with Crippen LogP contribution in [0.15, 0.2) is 47.6 Å². The summed E-state index contributed by atoms with van der Waals surface area (Å²) in [5.41, 5.74) is 0.630. The zero-order valence-electron chi connectivity index (χ0n) is 15.2. The Labute approximate surface area is 171 Å². The minimum Gasteiger partial charge on any atom is -0.467 e. The number of nitrogens with zero attached hydrogens (tertiary/aromatic N) is 7. The fourth-order valence-corrected chi connectivity index (χ4v) is 3.39. The second-order valence-electron chi connectivity index (χ2n) is 5.76. The van der Waals surface area contributed by atoms with Crippen LogP contribution in [0.5, 0.6) is 6.01 Å². The van der Waals surface area contributed by atoms with Gasteiger partial charge in [0.1, 0.15) is 0 Å². The van der Waals surface area contributed by atoms with Crippen molar-refractivity contribution >= 4 is 22.8 Å². The summed E-state index contributed by atoms with van der Waals surface area (Å²) >= 11 is 1.23. The van der Waals surface area contributed by atoms with Crippen LogP contribution < -0.4 is 9.64 Å². The number of aromatic nitrogens is 6.